The van der Waals surface area contributed by atoms with E-state index in [-0.39, 0.29) is 0 Å². The monoisotopic (exact) mass is 471 g/mol. The number of hydrogen-bond acceptors (Lipinski definition) is 1. The molecule has 1 N–H and O–H groups in total. The van der Waals surface area contributed by atoms with E-state index in [1.54, 1.807) is 0 Å². The van der Waals surface area contributed by atoms with Crippen LogP contribution in [0.5, 0.6) is 0 Å². The Morgan fingerprint density at radius 2 is 0.919 bits per heavy atom. The van der Waals surface area contributed by atoms with Crippen LogP contribution in [-0.2, 0) is 0 Å². The van der Waals surface area contributed by atoms with Crippen molar-refractivity contribution in [3.63, 3.8) is 0 Å². The second kappa shape index (κ2) is 8.96. The van der Waals surface area contributed by atoms with Crippen LogP contribution < -0.4 is 5.32 Å². The molecule has 0 aliphatic heterocycles. The Kier molecular flexibility index (Phi) is 5.19. The van der Waals surface area contributed by atoms with Crippen LogP contribution in [-0.4, -0.2) is 0 Å². The first-order valence-corrected chi connectivity index (χ1v) is 12.7. The summed E-state index contributed by atoms with van der Waals surface area (Å²) in [5.41, 5.74) is 7.06. The highest BCUT2D eigenvalue weighted by atomic mass is 14.9. The Morgan fingerprint density at radius 3 is 1.76 bits per heavy atom. The molecule has 0 aromatic heterocycles. The molecule has 7 rings (SSSR count). The molecule has 0 saturated carbocycles. The van der Waals surface area contributed by atoms with Crippen LogP contribution in [0.25, 0.3) is 54.6 Å². The Bertz CT molecular complexity index is 1900. The highest BCUT2D eigenvalue weighted by Crippen LogP contribution is 2.38. The number of benzene rings is 7. The lowest BCUT2D eigenvalue weighted by Gasteiger charge is -2.16. The molecule has 37 heavy (non-hydrogen) atoms. The summed E-state index contributed by atoms with van der Waals surface area (Å²) in [5.74, 6) is 0. The Balaban J connectivity index is 1.36. The normalized spacial score (nSPS) is 11.2. The highest BCUT2D eigenvalue weighted by molar-refractivity contribution is 6.08. The van der Waals surface area contributed by atoms with Crippen molar-refractivity contribution in [2.24, 2.45) is 0 Å². The molecule has 0 heterocycles. The Morgan fingerprint density at radius 1 is 0.324 bits per heavy atom. The Hall–Kier alpha value is -4.88. The minimum absolute atomic E-state index is 1.07. The lowest BCUT2D eigenvalue weighted by Crippen LogP contribution is -1.93. The molecule has 7 aromatic rings. The van der Waals surface area contributed by atoms with Crippen molar-refractivity contribution >= 4 is 43.7 Å². The van der Waals surface area contributed by atoms with E-state index in [4.69, 9.17) is 0 Å². The summed E-state index contributed by atoms with van der Waals surface area (Å²) in [6.07, 6.45) is 0. The van der Waals surface area contributed by atoms with E-state index >= 15 is 0 Å². The Labute approximate surface area is 216 Å². The van der Waals surface area contributed by atoms with Gasteiger partial charge in [-0.25, -0.2) is 0 Å². The van der Waals surface area contributed by atoms with Gasteiger partial charge in [0.2, 0.25) is 0 Å². The number of rotatable bonds is 4. The fraction of sp³-hybridized carbons (Fsp3) is 0. The van der Waals surface area contributed by atoms with E-state index in [0.29, 0.717) is 0 Å². The van der Waals surface area contributed by atoms with Crippen molar-refractivity contribution in [1.29, 1.82) is 0 Å². The summed E-state index contributed by atoms with van der Waals surface area (Å²) >= 11 is 0. The first-order valence-electron chi connectivity index (χ1n) is 12.7. The molecular formula is C36H25N. The van der Waals surface area contributed by atoms with E-state index in [2.05, 4.69) is 151 Å². The van der Waals surface area contributed by atoms with Crippen molar-refractivity contribution in [1.82, 2.24) is 0 Å². The summed E-state index contributed by atoms with van der Waals surface area (Å²) in [5, 5.41) is 11.3. The first kappa shape index (κ1) is 21.4. The second-order valence-electron chi connectivity index (χ2n) is 9.50. The topological polar surface area (TPSA) is 12.0 Å². The third-order valence-corrected chi connectivity index (χ3v) is 7.22. The SMILES string of the molecule is c1ccc(-c2cc(Nc3ccc4ccc5ccccc5c4c3)ccc2-c2cccc3ccccc23)cc1. The molecule has 0 spiro atoms. The molecule has 0 saturated heterocycles. The van der Waals surface area contributed by atoms with Gasteiger partial charge < -0.3 is 5.32 Å². The average Bonchev–Trinajstić information content (AvgIpc) is 2.97. The molecule has 7 aromatic carbocycles. The summed E-state index contributed by atoms with van der Waals surface area (Å²) in [6, 6.07) is 52.2. The highest BCUT2D eigenvalue weighted by Gasteiger charge is 2.12. The van der Waals surface area contributed by atoms with Gasteiger partial charge in [-0.1, -0.05) is 121 Å². The molecular weight excluding hydrogens is 446 g/mol. The average molecular weight is 472 g/mol. The van der Waals surface area contributed by atoms with Gasteiger partial charge in [-0.2, -0.15) is 0 Å². The molecule has 1 nitrogen and oxygen atoms in total. The molecule has 174 valence electrons. The summed E-state index contributed by atoms with van der Waals surface area (Å²) in [6.45, 7) is 0. The molecule has 0 unspecified atom stereocenters. The van der Waals surface area contributed by atoms with Crippen LogP contribution in [0.3, 0.4) is 0 Å². The predicted molar refractivity (Wildman–Crippen MR) is 160 cm³/mol. The van der Waals surface area contributed by atoms with Crippen molar-refractivity contribution in [3.8, 4) is 22.3 Å². The van der Waals surface area contributed by atoms with E-state index in [9.17, 15) is 0 Å². The van der Waals surface area contributed by atoms with Crippen molar-refractivity contribution < 1.29 is 0 Å². The van der Waals surface area contributed by atoms with Gasteiger partial charge in [0.25, 0.3) is 0 Å². The van der Waals surface area contributed by atoms with Gasteiger partial charge in [0, 0.05) is 11.4 Å². The van der Waals surface area contributed by atoms with Gasteiger partial charge in [-0.15, -0.1) is 0 Å². The fourth-order valence-corrected chi connectivity index (χ4v) is 5.42. The summed E-state index contributed by atoms with van der Waals surface area (Å²) < 4.78 is 0. The summed E-state index contributed by atoms with van der Waals surface area (Å²) in [7, 11) is 0. The molecule has 0 bridgehead atoms. The third kappa shape index (κ3) is 3.91. The van der Waals surface area contributed by atoms with Crippen LogP contribution in [0, 0.1) is 0 Å². The van der Waals surface area contributed by atoms with Crippen LogP contribution in [0.4, 0.5) is 11.4 Å². The van der Waals surface area contributed by atoms with Gasteiger partial charge in [0.1, 0.15) is 0 Å². The standard InChI is InChI=1S/C36H25N/c1-2-9-26(10-3-1)36-24-30(21-22-34(36)33-16-8-13-25-11-4-6-14-31(25)33)37-29-20-19-28-18-17-27-12-5-7-15-32(27)35(28)23-29/h1-24,37H. The van der Waals surface area contributed by atoms with Crippen molar-refractivity contribution in [2.75, 3.05) is 5.32 Å². The van der Waals surface area contributed by atoms with E-state index in [1.807, 2.05) is 0 Å². The number of anilines is 2. The van der Waals surface area contributed by atoms with Gasteiger partial charge >= 0.3 is 0 Å². The smallest absolute Gasteiger partial charge is 0.0390 e. The van der Waals surface area contributed by atoms with Crippen LogP contribution in [0.2, 0.25) is 0 Å². The lowest BCUT2D eigenvalue weighted by atomic mass is 9.91. The van der Waals surface area contributed by atoms with E-state index in [0.717, 1.165) is 11.4 Å². The van der Waals surface area contributed by atoms with E-state index in [1.165, 1.54) is 54.6 Å². The maximum absolute atomic E-state index is 3.69. The maximum Gasteiger partial charge on any atom is 0.0390 e. The van der Waals surface area contributed by atoms with Crippen LogP contribution in [0.1, 0.15) is 0 Å². The zero-order chi connectivity index (χ0) is 24.6. The molecule has 0 aliphatic carbocycles. The van der Waals surface area contributed by atoms with Gasteiger partial charge in [0.15, 0.2) is 0 Å². The van der Waals surface area contributed by atoms with Gasteiger partial charge in [-0.05, 0) is 78.8 Å². The molecule has 0 radical (unpaired) electrons. The fourth-order valence-electron chi connectivity index (χ4n) is 5.42. The van der Waals surface area contributed by atoms with Crippen molar-refractivity contribution in [3.05, 3.63) is 146 Å². The largest absolute Gasteiger partial charge is 0.355 e. The van der Waals surface area contributed by atoms with Crippen LogP contribution in [0.15, 0.2) is 146 Å². The van der Waals surface area contributed by atoms with E-state index < -0.39 is 0 Å². The van der Waals surface area contributed by atoms with Crippen molar-refractivity contribution in [2.45, 2.75) is 0 Å². The van der Waals surface area contributed by atoms with Gasteiger partial charge in [0.05, 0.1) is 0 Å². The molecule has 0 atom stereocenters. The molecule has 0 fully saturated rings. The zero-order valence-corrected chi connectivity index (χ0v) is 20.4. The molecule has 0 aliphatic rings. The summed E-state index contributed by atoms with van der Waals surface area (Å²) in [4.78, 5) is 0. The van der Waals surface area contributed by atoms with Crippen LogP contribution >= 0.6 is 0 Å². The molecule has 0 amide bonds. The number of fused-ring (bicyclic) bond motifs is 4. The predicted octanol–water partition coefficient (Wildman–Crippen LogP) is 10.2. The second-order valence-corrected chi connectivity index (χ2v) is 9.50. The van der Waals surface area contributed by atoms with Gasteiger partial charge in [-0.3, -0.25) is 0 Å². The lowest BCUT2D eigenvalue weighted by molar-refractivity contribution is 1.54. The first-order chi connectivity index (χ1) is 18.3. The third-order valence-electron chi connectivity index (χ3n) is 7.22. The quantitative estimate of drug-likeness (QED) is 0.252. The number of nitrogens with one attached hydrogen (secondary N) is 1. The zero-order valence-electron chi connectivity index (χ0n) is 20.4. The molecule has 1 heteroatoms. The number of hydrogen-bond donors (Lipinski definition) is 1. The minimum atomic E-state index is 1.07. The maximum atomic E-state index is 3.69. The minimum Gasteiger partial charge on any atom is -0.355 e.